The van der Waals surface area contributed by atoms with Gasteiger partial charge in [0.05, 0.1) is 31.0 Å². The number of ether oxygens (including phenoxy) is 3. The van der Waals surface area contributed by atoms with E-state index >= 15 is 0 Å². The predicted molar refractivity (Wildman–Crippen MR) is 103 cm³/mol. The van der Waals surface area contributed by atoms with Gasteiger partial charge in [0.1, 0.15) is 6.10 Å². The van der Waals surface area contributed by atoms with E-state index in [-0.39, 0.29) is 12.0 Å². The molecule has 1 saturated heterocycles. The zero-order valence-corrected chi connectivity index (χ0v) is 15.6. The summed E-state index contributed by atoms with van der Waals surface area (Å²) in [6, 6.07) is 19.7. The first-order valence-corrected chi connectivity index (χ1v) is 10.00. The molecule has 0 aromatic heterocycles. The van der Waals surface area contributed by atoms with Crippen molar-refractivity contribution in [3.63, 3.8) is 0 Å². The summed E-state index contributed by atoms with van der Waals surface area (Å²) in [5, 5.41) is 10.4. The van der Waals surface area contributed by atoms with Gasteiger partial charge >= 0.3 is 0 Å². The van der Waals surface area contributed by atoms with Gasteiger partial charge in [0, 0.05) is 24.3 Å². The number of benzene rings is 2. The van der Waals surface area contributed by atoms with Crippen molar-refractivity contribution in [2.75, 3.05) is 13.2 Å². The second-order valence-corrected chi connectivity index (χ2v) is 8.20. The predicted octanol–water partition coefficient (Wildman–Crippen LogP) is 4.11. The maximum absolute atomic E-state index is 10.4. The van der Waals surface area contributed by atoms with E-state index in [4.69, 9.17) is 14.2 Å². The van der Waals surface area contributed by atoms with E-state index in [0.29, 0.717) is 19.6 Å². The first kappa shape index (κ1) is 16.4. The van der Waals surface area contributed by atoms with Crippen molar-refractivity contribution >= 4 is 0 Å². The number of hydrogen-bond donors (Lipinski definition) is 0. The molecule has 6 rings (SSSR count). The molecule has 0 radical (unpaired) electrons. The summed E-state index contributed by atoms with van der Waals surface area (Å²) < 4.78 is 18.2. The summed E-state index contributed by atoms with van der Waals surface area (Å²) in [4.78, 5) is 0. The fourth-order valence-electron chi connectivity index (χ4n) is 5.73. The van der Waals surface area contributed by atoms with Gasteiger partial charge in [0.15, 0.2) is 5.79 Å². The van der Waals surface area contributed by atoms with Crippen LogP contribution in [0.4, 0.5) is 0 Å². The molecule has 2 heterocycles. The SMILES string of the molecule is N#CC12CCC3(OCCO3)C3=COC(Cc4cc(-c5ccccc5)ccc41)C32. The van der Waals surface area contributed by atoms with E-state index in [0.717, 1.165) is 24.0 Å². The third kappa shape index (κ3) is 2.01. The van der Waals surface area contributed by atoms with E-state index in [1.54, 1.807) is 0 Å². The third-order valence-corrected chi connectivity index (χ3v) is 6.96. The van der Waals surface area contributed by atoms with Crippen LogP contribution >= 0.6 is 0 Å². The van der Waals surface area contributed by atoms with Crippen LogP contribution in [0, 0.1) is 17.2 Å². The van der Waals surface area contributed by atoms with Gasteiger partial charge in [-0.15, -0.1) is 0 Å². The highest BCUT2D eigenvalue weighted by molar-refractivity contribution is 5.66. The molecule has 3 unspecified atom stereocenters. The third-order valence-electron chi connectivity index (χ3n) is 6.96. The lowest BCUT2D eigenvalue weighted by molar-refractivity contribution is -0.154. The largest absolute Gasteiger partial charge is 0.497 e. The van der Waals surface area contributed by atoms with Crippen molar-refractivity contribution in [1.29, 1.82) is 5.26 Å². The Morgan fingerprint density at radius 3 is 2.57 bits per heavy atom. The van der Waals surface area contributed by atoms with Crippen LogP contribution in [-0.4, -0.2) is 25.1 Å². The zero-order valence-electron chi connectivity index (χ0n) is 15.6. The number of rotatable bonds is 1. The first-order chi connectivity index (χ1) is 13.8. The molecule has 0 amide bonds. The van der Waals surface area contributed by atoms with E-state index in [9.17, 15) is 5.26 Å². The Hall–Kier alpha value is -2.61. The van der Waals surface area contributed by atoms with Crippen LogP contribution in [-0.2, 0) is 26.0 Å². The van der Waals surface area contributed by atoms with E-state index in [2.05, 4.69) is 48.5 Å². The van der Waals surface area contributed by atoms with E-state index in [1.165, 1.54) is 16.7 Å². The summed E-state index contributed by atoms with van der Waals surface area (Å²) in [6.07, 6.45) is 4.02. The molecule has 4 nitrogen and oxygen atoms in total. The number of nitrogens with zero attached hydrogens (tertiary/aromatic N) is 1. The van der Waals surface area contributed by atoms with Gasteiger partial charge in [-0.1, -0.05) is 48.5 Å². The average molecular weight is 371 g/mol. The second-order valence-electron chi connectivity index (χ2n) is 8.20. The molecule has 4 heteroatoms. The Kier molecular flexibility index (Phi) is 3.33. The maximum Gasteiger partial charge on any atom is 0.194 e. The van der Waals surface area contributed by atoms with Crippen LogP contribution in [0.3, 0.4) is 0 Å². The topological polar surface area (TPSA) is 51.5 Å². The molecular weight excluding hydrogens is 350 g/mol. The molecule has 2 aromatic carbocycles. The quantitative estimate of drug-likeness (QED) is 0.757. The van der Waals surface area contributed by atoms with E-state index < -0.39 is 11.2 Å². The monoisotopic (exact) mass is 371 g/mol. The molecule has 0 bridgehead atoms. The average Bonchev–Trinajstić information content (AvgIpc) is 3.39. The minimum Gasteiger partial charge on any atom is -0.497 e. The van der Waals surface area contributed by atoms with Crippen molar-refractivity contribution in [2.24, 2.45) is 5.92 Å². The summed E-state index contributed by atoms with van der Waals surface area (Å²) in [5.41, 5.74) is 5.21. The second kappa shape index (κ2) is 5.70. The van der Waals surface area contributed by atoms with Crippen molar-refractivity contribution in [2.45, 2.75) is 36.6 Å². The van der Waals surface area contributed by atoms with Crippen LogP contribution in [0.5, 0.6) is 0 Å². The van der Waals surface area contributed by atoms with Crippen LogP contribution in [0.15, 0.2) is 60.4 Å². The fourth-order valence-corrected chi connectivity index (χ4v) is 5.73. The van der Waals surface area contributed by atoms with Gasteiger partial charge in [0.25, 0.3) is 0 Å². The molecule has 0 N–H and O–H groups in total. The van der Waals surface area contributed by atoms with E-state index in [1.807, 2.05) is 12.3 Å². The molecule has 140 valence electrons. The molecule has 2 aromatic rings. The fraction of sp³-hybridized carbons (Fsp3) is 0.375. The Balaban J connectivity index is 1.47. The van der Waals surface area contributed by atoms with Crippen LogP contribution in [0.1, 0.15) is 24.0 Å². The van der Waals surface area contributed by atoms with Crippen molar-refractivity contribution < 1.29 is 14.2 Å². The number of nitriles is 1. The van der Waals surface area contributed by atoms with Crippen LogP contribution in [0.25, 0.3) is 11.1 Å². The van der Waals surface area contributed by atoms with Crippen molar-refractivity contribution in [1.82, 2.24) is 0 Å². The highest BCUT2D eigenvalue weighted by Gasteiger charge is 2.63. The Bertz CT molecular complexity index is 1020. The molecule has 1 saturated carbocycles. The van der Waals surface area contributed by atoms with Gasteiger partial charge in [-0.3, -0.25) is 0 Å². The first-order valence-electron chi connectivity index (χ1n) is 10.00. The molecule has 2 aliphatic carbocycles. The highest BCUT2D eigenvalue weighted by Crippen LogP contribution is 2.59. The molecule has 28 heavy (non-hydrogen) atoms. The molecule has 2 aliphatic heterocycles. The van der Waals surface area contributed by atoms with Crippen LogP contribution < -0.4 is 0 Å². The van der Waals surface area contributed by atoms with Gasteiger partial charge in [-0.05, 0) is 28.7 Å². The van der Waals surface area contributed by atoms with Crippen molar-refractivity contribution in [3.8, 4) is 17.2 Å². The lowest BCUT2D eigenvalue weighted by Gasteiger charge is -2.49. The standard InChI is InChI=1S/C24H21NO3/c25-15-23-8-9-24(27-10-11-28-24)20-14-26-21(22(20)23)13-18-12-17(6-7-19(18)23)16-4-2-1-3-5-16/h1-7,12,14,21-22H,8-11,13H2. The molecular formula is C24H21NO3. The maximum atomic E-state index is 10.4. The van der Waals surface area contributed by atoms with Gasteiger partial charge < -0.3 is 14.2 Å². The molecule has 4 aliphatic rings. The molecule has 2 fully saturated rings. The van der Waals surface area contributed by atoms with Crippen LogP contribution in [0.2, 0.25) is 0 Å². The Morgan fingerprint density at radius 1 is 0.964 bits per heavy atom. The summed E-state index contributed by atoms with van der Waals surface area (Å²) in [6.45, 7) is 1.20. The Morgan fingerprint density at radius 2 is 1.79 bits per heavy atom. The lowest BCUT2D eigenvalue weighted by atomic mass is 9.54. The number of fused-ring (bicyclic) bond motifs is 3. The minimum atomic E-state index is -0.679. The van der Waals surface area contributed by atoms with Crippen molar-refractivity contribution in [3.05, 3.63) is 71.5 Å². The van der Waals surface area contributed by atoms with Gasteiger partial charge in [0.2, 0.25) is 0 Å². The normalized spacial score (nSPS) is 31.5. The summed E-state index contributed by atoms with van der Waals surface area (Å²) in [5.74, 6) is -0.680. The van der Waals surface area contributed by atoms with Gasteiger partial charge in [-0.25, -0.2) is 0 Å². The summed E-state index contributed by atoms with van der Waals surface area (Å²) in [7, 11) is 0. The highest BCUT2D eigenvalue weighted by atomic mass is 16.7. The zero-order chi connectivity index (χ0) is 18.8. The smallest absolute Gasteiger partial charge is 0.194 e. The van der Waals surface area contributed by atoms with Gasteiger partial charge in [-0.2, -0.15) is 5.26 Å². The molecule has 1 spiro atoms. The minimum absolute atomic E-state index is 0.000532. The summed E-state index contributed by atoms with van der Waals surface area (Å²) >= 11 is 0. The number of hydrogen-bond acceptors (Lipinski definition) is 4. The lowest BCUT2D eigenvalue weighted by Crippen LogP contribution is -2.54. The Labute approximate surface area is 164 Å². The molecule has 3 atom stereocenters.